The summed E-state index contributed by atoms with van der Waals surface area (Å²) in [6.45, 7) is 1.05. The minimum Gasteiger partial charge on any atom is -0.316 e. The molecule has 0 N–H and O–H groups in total. The molecule has 66 valence electrons. The van der Waals surface area contributed by atoms with Crippen molar-refractivity contribution >= 4 is 11.6 Å². The second-order valence-corrected chi connectivity index (χ2v) is 3.60. The average Bonchev–Trinajstić information content (AvgIpc) is 2.43. The fraction of sp³-hybridized carbons (Fsp3) is 0.750. The van der Waals surface area contributed by atoms with Crippen molar-refractivity contribution in [3.8, 4) is 0 Å². The Balaban J connectivity index is 2.00. The maximum atomic E-state index is 5.69. The quantitative estimate of drug-likeness (QED) is 0.673. The zero-order valence-corrected chi connectivity index (χ0v) is 7.67. The second-order valence-electron chi connectivity index (χ2n) is 3.33. The lowest BCUT2D eigenvalue weighted by Crippen LogP contribution is -2.18. The van der Waals surface area contributed by atoms with Crippen molar-refractivity contribution in [2.75, 3.05) is 0 Å². The summed E-state index contributed by atoms with van der Waals surface area (Å²) < 4.78 is 2.07. The normalized spacial score (nSPS) is 17.8. The smallest absolute Gasteiger partial charge is 0.147 e. The maximum absolute atomic E-state index is 5.69. The molecule has 0 atom stereocenters. The molecular weight excluding hydrogens is 174 g/mol. The minimum absolute atomic E-state index is 0.465. The number of hydrogen-bond donors (Lipinski definition) is 0. The first-order chi connectivity index (χ1) is 5.90. The first kappa shape index (κ1) is 8.05. The van der Waals surface area contributed by atoms with E-state index in [1.807, 2.05) is 0 Å². The molecule has 0 spiro atoms. The van der Waals surface area contributed by atoms with Gasteiger partial charge in [-0.1, -0.05) is 6.42 Å². The Kier molecular flexibility index (Phi) is 2.30. The predicted molar refractivity (Wildman–Crippen MR) is 46.9 cm³/mol. The van der Waals surface area contributed by atoms with Gasteiger partial charge in [-0.05, 0) is 18.8 Å². The Hall–Kier alpha value is -0.570. The summed E-state index contributed by atoms with van der Waals surface area (Å²) in [5, 5.41) is 7.76. The van der Waals surface area contributed by atoms with Gasteiger partial charge in [-0.3, -0.25) is 0 Å². The molecule has 3 nitrogen and oxygen atoms in total. The average molecular weight is 186 g/mol. The van der Waals surface area contributed by atoms with Crippen molar-refractivity contribution in [1.29, 1.82) is 0 Å². The highest BCUT2D eigenvalue weighted by atomic mass is 35.5. The molecule has 0 saturated heterocycles. The van der Waals surface area contributed by atoms with E-state index >= 15 is 0 Å². The van der Waals surface area contributed by atoms with Crippen LogP contribution in [0.25, 0.3) is 0 Å². The highest BCUT2D eigenvalue weighted by Gasteiger charge is 2.18. The van der Waals surface area contributed by atoms with E-state index in [0.29, 0.717) is 5.88 Å². The largest absolute Gasteiger partial charge is 0.316 e. The number of rotatable bonds is 3. The molecule has 0 amide bonds. The van der Waals surface area contributed by atoms with Gasteiger partial charge in [0.15, 0.2) is 0 Å². The molecule has 1 aliphatic rings. The van der Waals surface area contributed by atoms with Crippen LogP contribution in [0.4, 0.5) is 0 Å². The third-order valence-corrected chi connectivity index (χ3v) is 2.73. The molecular formula is C8H12ClN3. The summed E-state index contributed by atoms with van der Waals surface area (Å²) >= 11 is 5.69. The first-order valence-corrected chi connectivity index (χ1v) is 4.86. The third kappa shape index (κ3) is 1.46. The topological polar surface area (TPSA) is 30.7 Å². The van der Waals surface area contributed by atoms with Gasteiger partial charge >= 0.3 is 0 Å². The molecule has 0 bridgehead atoms. The lowest BCUT2D eigenvalue weighted by Gasteiger charge is -2.25. The summed E-state index contributed by atoms with van der Waals surface area (Å²) in [6.07, 6.45) is 5.85. The van der Waals surface area contributed by atoms with Crippen LogP contribution in [0.3, 0.4) is 0 Å². The Labute approximate surface area is 76.7 Å². The van der Waals surface area contributed by atoms with Crippen LogP contribution in [-0.2, 0) is 12.4 Å². The first-order valence-electron chi connectivity index (χ1n) is 4.33. The predicted octanol–water partition coefficient (Wildman–Crippen LogP) is 1.82. The molecule has 1 saturated carbocycles. The van der Waals surface area contributed by atoms with E-state index in [0.717, 1.165) is 18.3 Å². The van der Waals surface area contributed by atoms with E-state index in [9.17, 15) is 0 Å². The van der Waals surface area contributed by atoms with Crippen LogP contribution in [0.2, 0.25) is 0 Å². The van der Waals surface area contributed by atoms with Gasteiger partial charge in [-0.2, -0.15) is 0 Å². The molecule has 1 heterocycles. The van der Waals surface area contributed by atoms with Crippen molar-refractivity contribution in [3.63, 3.8) is 0 Å². The van der Waals surface area contributed by atoms with Crippen molar-refractivity contribution in [2.24, 2.45) is 5.92 Å². The molecule has 0 radical (unpaired) electrons. The van der Waals surface area contributed by atoms with Gasteiger partial charge in [-0.15, -0.1) is 21.8 Å². The lowest BCUT2D eigenvalue weighted by atomic mass is 9.85. The van der Waals surface area contributed by atoms with Gasteiger partial charge in [0, 0.05) is 6.54 Å². The monoisotopic (exact) mass is 185 g/mol. The molecule has 1 aromatic rings. The van der Waals surface area contributed by atoms with E-state index in [4.69, 9.17) is 11.6 Å². The van der Waals surface area contributed by atoms with Crippen LogP contribution in [0.5, 0.6) is 0 Å². The minimum atomic E-state index is 0.465. The third-order valence-electron chi connectivity index (χ3n) is 2.49. The SMILES string of the molecule is ClCc1nncn1CC1CCC1. The van der Waals surface area contributed by atoms with Gasteiger partial charge < -0.3 is 4.57 Å². The van der Waals surface area contributed by atoms with Crippen LogP contribution in [0.1, 0.15) is 25.1 Å². The van der Waals surface area contributed by atoms with Crippen molar-refractivity contribution in [2.45, 2.75) is 31.7 Å². The Bertz CT molecular complexity index is 255. The number of aromatic nitrogens is 3. The Morgan fingerprint density at radius 2 is 2.42 bits per heavy atom. The molecule has 1 aromatic heterocycles. The van der Waals surface area contributed by atoms with Crippen LogP contribution in [-0.4, -0.2) is 14.8 Å². The van der Waals surface area contributed by atoms with E-state index in [-0.39, 0.29) is 0 Å². The number of alkyl halides is 1. The van der Waals surface area contributed by atoms with Gasteiger partial charge in [0.25, 0.3) is 0 Å². The van der Waals surface area contributed by atoms with Crippen molar-refractivity contribution in [1.82, 2.24) is 14.8 Å². The van der Waals surface area contributed by atoms with Crippen LogP contribution >= 0.6 is 11.6 Å². The Morgan fingerprint density at radius 1 is 1.58 bits per heavy atom. The molecule has 1 aliphatic carbocycles. The highest BCUT2D eigenvalue weighted by Crippen LogP contribution is 2.27. The maximum Gasteiger partial charge on any atom is 0.147 e. The molecule has 0 aromatic carbocycles. The summed E-state index contributed by atoms with van der Waals surface area (Å²) in [6, 6.07) is 0. The summed E-state index contributed by atoms with van der Waals surface area (Å²) in [5.74, 6) is 2.19. The number of nitrogens with zero attached hydrogens (tertiary/aromatic N) is 3. The van der Waals surface area contributed by atoms with Crippen molar-refractivity contribution < 1.29 is 0 Å². The Morgan fingerprint density at radius 3 is 3.00 bits per heavy atom. The molecule has 0 unspecified atom stereocenters. The number of hydrogen-bond acceptors (Lipinski definition) is 2. The van der Waals surface area contributed by atoms with E-state index in [1.54, 1.807) is 6.33 Å². The number of halogens is 1. The van der Waals surface area contributed by atoms with Crippen molar-refractivity contribution in [3.05, 3.63) is 12.2 Å². The summed E-state index contributed by atoms with van der Waals surface area (Å²) in [4.78, 5) is 0. The summed E-state index contributed by atoms with van der Waals surface area (Å²) in [7, 11) is 0. The molecule has 2 rings (SSSR count). The molecule has 1 fully saturated rings. The molecule has 12 heavy (non-hydrogen) atoms. The molecule has 0 aliphatic heterocycles. The van der Waals surface area contributed by atoms with Crippen LogP contribution in [0.15, 0.2) is 6.33 Å². The zero-order valence-electron chi connectivity index (χ0n) is 6.91. The van der Waals surface area contributed by atoms with Gasteiger partial charge in [0.1, 0.15) is 12.2 Å². The molecule has 4 heteroatoms. The summed E-state index contributed by atoms with van der Waals surface area (Å²) in [5.41, 5.74) is 0. The van der Waals surface area contributed by atoms with E-state index < -0.39 is 0 Å². The van der Waals surface area contributed by atoms with Crippen LogP contribution in [0, 0.1) is 5.92 Å². The van der Waals surface area contributed by atoms with Gasteiger partial charge in [-0.25, -0.2) is 0 Å². The fourth-order valence-electron chi connectivity index (χ4n) is 1.49. The lowest BCUT2D eigenvalue weighted by molar-refractivity contribution is 0.274. The highest BCUT2D eigenvalue weighted by molar-refractivity contribution is 6.16. The van der Waals surface area contributed by atoms with Crippen LogP contribution < -0.4 is 0 Å². The van der Waals surface area contributed by atoms with E-state index in [2.05, 4.69) is 14.8 Å². The fourth-order valence-corrected chi connectivity index (χ4v) is 1.70. The van der Waals surface area contributed by atoms with Gasteiger partial charge in [0.05, 0.1) is 5.88 Å². The van der Waals surface area contributed by atoms with Gasteiger partial charge in [0.2, 0.25) is 0 Å². The standard InChI is InChI=1S/C8H12ClN3/c9-4-8-11-10-6-12(8)5-7-2-1-3-7/h6-7H,1-5H2. The zero-order chi connectivity index (χ0) is 8.39. The van der Waals surface area contributed by atoms with E-state index in [1.165, 1.54) is 19.3 Å². The second kappa shape index (κ2) is 3.44.